The minimum atomic E-state index is -0.738. The van der Waals surface area contributed by atoms with Gasteiger partial charge in [0.2, 0.25) is 5.91 Å². The summed E-state index contributed by atoms with van der Waals surface area (Å²) in [6, 6.07) is 13.0. The zero-order valence-electron chi connectivity index (χ0n) is 17.6. The maximum atomic E-state index is 13.4. The van der Waals surface area contributed by atoms with E-state index in [1.54, 1.807) is 0 Å². The molecule has 1 aromatic heterocycles. The smallest absolute Gasteiger partial charge is 0.234 e. The Morgan fingerprint density at radius 3 is 2.41 bits per heavy atom. The third-order valence-corrected chi connectivity index (χ3v) is 6.24. The Kier molecular flexibility index (Phi) is 7.49. The Labute approximate surface area is 190 Å². The van der Waals surface area contributed by atoms with E-state index in [0.29, 0.717) is 11.7 Å². The summed E-state index contributed by atoms with van der Waals surface area (Å²) < 4.78 is 28.8. The van der Waals surface area contributed by atoms with Crippen LogP contribution in [-0.2, 0) is 17.9 Å². The summed E-state index contributed by atoms with van der Waals surface area (Å²) in [4.78, 5) is 14.7. The van der Waals surface area contributed by atoms with Crippen molar-refractivity contribution in [2.75, 3.05) is 24.2 Å². The number of halogens is 2. The summed E-state index contributed by atoms with van der Waals surface area (Å²) >= 11 is 1.26. The molecule has 0 atom stereocenters. The number of nitrogens with one attached hydrogen (secondary N) is 1. The average Bonchev–Trinajstić information content (AvgIpc) is 3.14. The monoisotopic (exact) mass is 457 g/mol. The van der Waals surface area contributed by atoms with Gasteiger partial charge in [-0.2, -0.15) is 0 Å². The lowest BCUT2D eigenvalue weighted by atomic mass is 10.1. The number of carbonyl (C=O) groups is 1. The zero-order valence-corrected chi connectivity index (χ0v) is 18.5. The second-order valence-corrected chi connectivity index (χ2v) is 8.74. The first-order valence-corrected chi connectivity index (χ1v) is 11.6. The van der Waals surface area contributed by atoms with E-state index in [1.807, 2.05) is 34.9 Å². The van der Waals surface area contributed by atoms with Gasteiger partial charge in [-0.15, -0.1) is 10.2 Å². The minimum Gasteiger partial charge on any atom is -0.325 e. The van der Waals surface area contributed by atoms with Gasteiger partial charge in [-0.25, -0.2) is 8.78 Å². The van der Waals surface area contributed by atoms with E-state index < -0.39 is 11.6 Å². The van der Waals surface area contributed by atoms with Crippen LogP contribution in [0.2, 0.25) is 0 Å². The second kappa shape index (κ2) is 10.7. The van der Waals surface area contributed by atoms with Crippen LogP contribution in [0.25, 0.3) is 0 Å². The van der Waals surface area contributed by atoms with Crippen molar-refractivity contribution in [3.05, 3.63) is 71.6 Å². The lowest BCUT2D eigenvalue weighted by Crippen LogP contribution is -2.30. The highest BCUT2D eigenvalue weighted by Gasteiger charge is 2.19. The molecule has 1 N–H and O–H groups in total. The van der Waals surface area contributed by atoms with Gasteiger partial charge >= 0.3 is 0 Å². The molecule has 168 valence electrons. The van der Waals surface area contributed by atoms with Crippen LogP contribution >= 0.6 is 11.8 Å². The first-order valence-electron chi connectivity index (χ1n) is 10.6. The third-order valence-electron chi connectivity index (χ3n) is 5.27. The summed E-state index contributed by atoms with van der Waals surface area (Å²) in [6.07, 6.45) is 3.64. The van der Waals surface area contributed by atoms with Crippen molar-refractivity contribution in [2.24, 2.45) is 0 Å². The van der Waals surface area contributed by atoms with Gasteiger partial charge in [-0.1, -0.05) is 48.5 Å². The molecular weight excluding hydrogens is 432 g/mol. The molecule has 0 spiro atoms. The highest BCUT2D eigenvalue weighted by molar-refractivity contribution is 7.99. The summed E-state index contributed by atoms with van der Waals surface area (Å²) in [7, 11) is 0. The Hall–Kier alpha value is -2.78. The number of hydrogen-bond acceptors (Lipinski definition) is 5. The lowest BCUT2D eigenvalue weighted by Gasteiger charge is -2.26. The predicted octanol–water partition coefficient (Wildman–Crippen LogP) is 4.32. The van der Waals surface area contributed by atoms with Crippen LogP contribution in [0, 0.1) is 11.6 Å². The maximum absolute atomic E-state index is 13.4. The highest BCUT2D eigenvalue weighted by atomic mass is 32.2. The molecule has 0 unspecified atom stereocenters. The van der Waals surface area contributed by atoms with Gasteiger partial charge in [0, 0.05) is 11.8 Å². The van der Waals surface area contributed by atoms with Crippen LogP contribution in [-0.4, -0.2) is 44.4 Å². The standard InChI is InChI=1S/C23H25F2N5OS/c24-18-11-19(25)13-20(12-18)26-22(31)16-32-23-28-27-21(15-29-9-5-2-6-10-29)30(23)14-17-7-3-1-4-8-17/h1,3-4,7-8,11-13H,2,5-6,9-10,14-16H2,(H,26,31). The first kappa shape index (κ1) is 22.4. The van der Waals surface area contributed by atoms with Gasteiger partial charge < -0.3 is 9.88 Å². The molecule has 3 aromatic rings. The van der Waals surface area contributed by atoms with Crippen molar-refractivity contribution in [2.45, 2.75) is 37.5 Å². The molecule has 9 heteroatoms. The Bertz CT molecular complexity index is 1030. The van der Waals surface area contributed by atoms with Gasteiger partial charge in [-0.3, -0.25) is 9.69 Å². The summed E-state index contributed by atoms with van der Waals surface area (Å²) in [6.45, 7) is 3.42. The fraction of sp³-hybridized carbons (Fsp3) is 0.348. The molecule has 1 fully saturated rings. The minimum absolute atomic E-state index is 0.0504. The summed E-state index contributed by atoms with van der Waals surface area (Å²) in [5.74, 6) is -0.928. The number of thioether (sulfide) groups is 1. The normalized spacial score (nSPS) is 14.4. The van der Waals surface area contributed by atoms with E-state index >= 15 is 0 Å². The van der Waals surface area contributed by atoms with Crippen molar-refractivity contribution in [1.29, 1.82) is 0 Å². The molecule has 0 radical (unpaired) electrons. The number of piperidine rings is 1. The Morgan fingerprint density at radius 2 is 1.69 bits per heavy atom. The molecule has 32 heavy (non-hydrogen) atoms. The molecule has 2 heterocycles. The van der Waals surface area contributed by atoms with E-state index in [0.717, 1.165) is 49.2 Å². The van der Waals surface area contributed by atoms with Crippen LogP contribution in [0.3, 0.4) is 0 Å². The first-order chi connectivity index (χ1) is 15.6. The van der Waals surface area contributed by atoms with Gasteiger partial charge in [0.25, 0.3) is 0 Å². The molecule has 1 aliphatic rings. The number of amides is 1. The maximum Gasteiger partial charge on any atom is 0.234 e. The van der Waals surface area contributed by atoms with Crippen LogP contribution < -0.4 is 5.32 Å². The average molecular weight is 458 g/mol. The van der Waals surface area contributed by atoms with Crippen molar-refractivity contribution >= 4 is 23.4 Å². The van der Waals surface area contributed by atoms with E-state index in [1.165, 1.54) is 31.0 Å². The lowest BCUT2D eigenvalue weighted by molar-refractivity contribution is -0.113. The van der Waals surface area contributed by atoms with Crippen LogP contribution in [0.5, 0.6) is 0 Å². The summed E-state index contributed by atoms with van der Waals surface area (Å²) in [5.41, 5.74) is 1.21. The van der Waals surface area contributed by atoms with E-state index in [-0.39, 0.29) is 17.3 Å². The number of nitrogens with zero attached hydrogens (tertiary/aromatic N) is 4. The number of benzene rings is 2. The molecule has 1 saturated heterocycles. The van der Waals surface area contributed by atoms with Crippen molar-refractivity contribution in [3.63, 3.8) is 0 Å². The molecule has 1 aliphatic heterocycles. The topological polar surface area (TPSA) is 63.1 Å². The largest absolute Gasteiger partial charge is 0.325 e. The Balaban J connectivity index is 1.46. The predicted molar refractivity (Wildman–Crippen MR) is 120 cm³/mol. The fourth-order valence-corrected chi connectivity index (χ4v) is 4.49. The Morgan fingerprint density at radius 1 is 0.969 bits per heavy atom. The van der Waals surface area contributed by atoms with Crippen molar-refractivity contribution < 1.29 is 13.6 Å². The quantitative estimate of drug-likeness (QED) is 0.511. The molecule has 0 saturated carbocycles. The van der Waals surface area contributed by atoms with Crippen molar-refractivity contribution in [1.82, 2.24) is 19.7 Å². The highest BCUT2D eigenvalue weighted by Crippen LogP contribution is 2.22. The molecule has 1 amide bonds. The number of aromatic nitrogens is 3. The van der Waals surface area contributed by atoms with Crippen LogP contribution in [0.15, 0.2) is 53.7 Å². The van der Waals surface area contributed by atoms with Gasteiger partial charge in [0.15, 0.2) is 5.16 Å². The molecule has 4 rings (SSSR count). The van der Waals surface area contributed by atoms with E-state index in [9.17, 15) is 13.6 Å². The van der Waals surface area contributed by atoms with Gasteiger partial charge in [-0.05, 0) is 43.6 Å². The number of likely N-dealkylation sites (tertiary alicyclic amines) is 1. The zero-order chi connectivity index (χ0) is 22.3. The van der Waals surface area contributed by atoms with Crippen molar-refractivity contribution in [3.8, 4) is 0 Å². The van der Waals surface area contributed by atoms with E-state index in [4.69, 9.17) is 0 Å². The van der Waals surface area contributed by atoms with Gasteiger partial charge in [0.1, 0.15) is 17.5 Å². The molecular formula is C23H25F2N5OS. The van der Waals surface area contributed by atoms with Gasteiger partial charge in [0.05, 0.1) is 18.8 Å². The van der Waals surface area contributed by atoms with E-state index in [2.05, 4.69) is 20.4 Å². The van der Waals surface area contributed by atoms with Crippen LogP contribution in [0.1, 0.15) is 30.7 Å². The molecule has 0 aliphatic carbocycles. The SMILES string of the molecule is O=C(CSc1nnc(CN2CCCCC2)n1Cc1ccccc1)Nc1cc(F)cc(F)c1. The number of carbonyl (C=O) groups excluding carboxylic acids is 1. The second-order valence-electron chi connectivity index (χ2n) is 7.80. The molecule has 0 bridgehead atoms. The number of hydrogen-bond donors (Lipinski definition) is 1. The fourth-order valence-electron chi connectivity index (χ4n) is 3.74. The summed E-state index contributed by atoms with van der Waals surface area (Å²) in [5, 5.41) is 11.9. The third kappa shape index (κ3) is 6.14. The number of rotatable bonds is 8. The number of anilines is 1. The molecule has 6 nitrogen and oxygen atoms in total. The molecule has 2 aromatic carbocycles. The van der Waals surface area contributed by atoms with Crippen LogP contribution in [0.4, 0.5) is 14.5 Å².